The maximum atomic E-state index is 12.4. The predicted molar refractivity (Wildman–Crippen MR) is 140 cm³/mol. The van der Waals surface area contributed by atoms with Crippen molar-refractivity contribution in [2.24, 2.45) is 0 Å². The number of unbranched alkanes of at least 4 members (excludes halogenated alkanes) is 4. The van der Waals surface area contributed by atoms with E-state index in [9.17, 15) is 24.3 Å². The number of esters is 3. The highest BCUT2D eigenvalue weighted by Crippen LogP contribution is 2.30. The normalized spacial score (nSPS) is 12.4. The number of benzene rings is 1. The first-order valence-corrected chi connectivity index (χ1v) is 13.4. The number of nitrogens with one attached hydrogen (secondary N) is 1. The van der Waals surface area contributed by atoms with Gasteiger partial charge in [0.15, 0.2) is 11.5 Å². The van der Waals surface area contributed by atoms with E-state index in [4.69, 9.17) is 14.2 Å². The lowest BCUT2D eigenvalue weighted by atomic mass is 10.0. The topological polar surface area (TPSA) is 128 Å². The maximum absolute atomic E-state index is 12.4. The number of carbonyl (C=O) groups excluding carboxylic acids is 3. The summed E-state index contributed by atoms with van der Waals surface area (Å²) in [6.45, 7) is 7.81. The number of aliphatic carboxylic acids is 1. The molecule has 0 radical (unpaired) electrons. The lowest BCUT2D eigenvalue weighted by molar-refractivity contribution is -0.148. The van der Waals surface area contributed by atoms with Gasteiger partial charge >= 0.3 is 23.9 Å². The van der Waals surface area contributed by atoms with Gasteiger partial charge in [-0.15, -0.1) is 0 Å². The summed E-state index contributed by atoms with van der Waals surface area (Å²) in [7, 11) is 0. The molecule has 37 heavy (non-hydrogen) atoms. The third kappa shape index (κ3) is 13.8. The minimum absolute atomic E-state index is 0.0794. The van der Waals surface area contributed by atoms with Gasteiger partial charge in [-0.1, -0.05) is 52.5 Å². The fraction of sp³-hybridized carbons (Fsp3) is 0.643. The molecular formula is C28H43NO8. The second kappa shape index (κ2) is 18.3. The van der Waals surface area contributed by atoms with E-state index in [1.54, 1.807) is 13.0 Å². The number of carboxylic acid groups (broad SMARTS) is 1. The SMILES string of the molecule is CCCCCC(=O)Oc1ccc(C[C@H](NCC(C)OC(=O)CCC)C(=O)O)cc1OC(=O)CCCCC. The molecule has 2 N–H and O–H groups in total. The highest BCUT2D eigenvalue weighted by atomic mass is 16.6. The minimum atomic E-state index is -1.07. The van der Waals surface area contributed by atoms with Gasteiger partial charge in [0.05, 0.1) is 0 Å². The Balaban J connectivity index is 2.95. The first-order chi connectivity index (χ1) is 17.7. The molecule has 0 aliphatic carbocycles. The van der Waals surface area contributed by atoms with Gasteiger partial charge in [0.1, 0.15) is 12.1 Å². The fourth-order valence-corrected chi connectivity index (χ4v) is 3.55. The van der Waals surface area contributed by atoms with Crippen LogP contribution in [0.2, 0.25) is 0 Å². The summed E-state index contributed by atoms with van der Waals surface area (Å²) in [6, 6.07) is 3.73. The van der Waals surface area contributed by atoms with Crippen molar-refractivity contribution in [2.75, 3.05) is 6.54 Å². The third-order valence-corrected chi connectivity index (χ3v) is 5.60. The van der Waals surface area contributed by atoms with Gasteiger partial charge in [0.25, 0.3) is 0 Å². The van der Waals surface area contributed by atoms with Crippen molar-refractivity contribution in [3.05, 3.63) is 23.8 Å². The van der Waals surface area contributed by atoms with E-state index in [-0.39, 0.29) is 43.3 Å². The minimum Gasteiger partial charge on any atom is -0.480 e. The van der Waals surface area contributed by atoms with Crippen LogP contribution in [-0.4, -0.2) is 47.7 Å². The Bertz CT molecular complexity index is 870. The van der Waals surface area contributed by atoms with Gasteiger partial charge in [0, 0.05) is 25.8 Å². The molecule has 9 heteroatoms. The van der Waals surface area contributed by atoms with Crippen LogP contribution >= 0.6 is 0 Å². The van der Waals surface area contributed by atoms with E-state index in [0.717, 1.165) is 25.7 Å². The molecule has 1 rings (SSSR count). The molecule has 2 atom stereocenters. The number of rotatable bonds is 19. The second-order valence-electron chi connectivity index (χ2n) is 9.20. The summed E-state index contributed by atoms with van der Waals surface area (Å²) < 4.78 is 16.3. The Labute approximate surface area is 220 Å². The van der Waals surface area contributed by atoms with Crippen LogP contribution in [0.15, 0.2) is 18.2 Å². The van der Waals surface area contributed by atoms with Crippen molar-refractivity contribution < 1.29 is 38.5 Å². The molecule has 0 saturated carbocycles. The van der Waals surface area contributed by atoms with Gasteiger partial charge in [-0.3, -0.25) is 19.2 Å². The summed E-state index contributed by atoms with van der Waals surface area (Å²) in [6.07, 6.45) is 6.19. The Morgan fingerprint density at radius 2 is 1.41 bits per heavy atom. The first kappa shape index (κ1) is 32.1. The van der Waals surface area contributed by atoms with Crippen LogP contribution < -0.4 is 14.8 Å². The molecule has 0 heterocycles. The molecular weight excluding hydrogens is 478 g/mol. The lowest BCUT2D eigenvalue weighted by Crippen LogP contribution is -2.42. The van der Waals surface area contributed by atoms with Gasteiger partial charge in [-0.2, -0.15) is 0 Å². The average molecular weight is 522 g/mol. The second-order valence-corrected chi connectivity index (χ2v) is 9.20. The van der Waals surface area contributed by atoms with Crippen LogP contribution in [0.5, 0.6) is 11.5 Å². The van der Waals surface area contributed by atoms with E-state index in [2.05, 4.69) is 5.32 Å². The number of hydrogen-bond donors (Lipinski definition) is 2. The van der Waals surface area contributed by atoms with Crippen molar-refractivity contribution in [3.8, 4) is 11.5 Å². The lowest BCUT2D eigenvalue weighted by Gasteiger charge is -2.19. The van der Waals surface area contributed by atoms with Crippen LogP contribution in [-0.2, 0) is 30.3 Å². The van der Waals surface area contributed by atoms with E-state index < -0.39 is 30.1 Å². The molecule has 9 nitrogen and oxygen atoms in total. The molecule has 1 unspecified atom stereocenters. The molecule has 0 spiro atoms. The van der Waals surface area contributed by atoms with Crippen LogP contribution in [0.1, 0.15) is 97.5 Å². The van der Waals surface area contributed by atoms with Crippen molar-refractivity contribution in [3.63, 3.8) is 0 Å². The van der Waals surface area contributed by atoms with Gasteiger partial charge in [0.2, 0.25) is 0 Å². The maximum Gasteiger partial charge on any atom is 0.321 e. The molecule has 208 valence electrons. The van der Waals surface area contributed by atoms with Crippen molar-refractivity contribution >= 4 is 23.9 Å². The Hall–Kier alpha value is -2.94. The van der Waals surface area contributed by atoms with Gasteiger partial charge in [-0.05, 0) is 50.3 Å². The van der Waals surface area contributed by atoms with Crippen LogP contribution in [0, 0.1) is 0 Å². The molecule has 1 aromatic carbocycles. The van der Waals surface area contributed by atoms with Crippen molar-refractivity contribution in [1.29, 1.82) is 0 Å². The van der Waals surface area contributed by atoms with Crippen molar-refractivity contribution in [2.45, 2.75) is 110 Å². The zero-order chi connectivity index (χ0) is 27.6. The molecule has 0 bridgehead atoms. The summed E-state index contributed by atoms with van der Waals surface area (Å²) in [4.78, 5) is 48.2. The van der Waals surface area contributed by atoms with E-state index in [1.807, 2.05) is 20.8 Å². The van der Waals surface area contributed by atoms with E-state index in [0.29, 0.717) is 31.2 Å². The zero-order valence-electron chi connectivity index (χ0n) is 22.7. The van der Waals surface area contributed by atoms with Gasteiger partial charge in [-0.25, -0.2) is 0 Å². The zero-order valence-corrected chi connectivity index (χ0v) is 22.7. The third-order valence-electron chi connectivity index (χ3n) is 5.60. The molecule has 0 saturated heterocycles. The Kier molecular flexibility index (Phi) is 15.9. The number of carbonyl (C=O) groups is 4. The van der Waals surface area contributed by atoms with Crippen LogP contribution in [0.4, 0.5) is 0 Å². The van der Waals surface area contributed by atoms with Crippen molar-refractivity contribution in [1.82, 2.24) is 5.32 Å². The molecule has 0 aromatic heterocycles. The van der Waals surface area contributed by atoms with E-state index >= 15 is 0 Å². The molecule has 0 aliphatic heterocycles. The average Bonchev–Trinajstić information content (AvgIpc) is 2.83. The number of carboxylic acids is 1. The Morgan fingerprint density at radius 1 is 0.811 bits per heavy atom. The summed E-state index contributed by atoms with van der Waals surface area (Å²) in [5.74, 6) is -2.03. The fourth-order valence-electron chi connectivity index (χ4n) is 3.55. The summed E-state index contributed by atoms with van der Waals surface area (Å²) in [5.41, 5.74) is 0.581. The van der Waals surface area contributed by atoms with Gasteiger partial charge < -0.3 is 24.6 Å². The monoisotopic (exact) mass is 521 g/mol. The molecule has 1 aromatic rings. The quantitative estimate of drug-likeness (QED) is 0.147. The largest absolute Gasteiger partial charge is 0.480 e. The van der Waals surface area contributed by atoms with Crippen LogP contribution in [0.3, 0.4) is 0 Å². The number of ether oxygens (including phenoxy) is 3. The molecule has 0 aliphatic rings. The smallest absolute Gasteiger partial charge is 0.321 e. The molecule has 0 amide bonds. The highest BCUT2D eigenvalue weighted by molar-refractivity contribution is 5.77. The standard InChI is InChI=1S/C28H43NO8/c1-5-8-10-13-26(31)36-23-16-15-21(18-24(23)37-27(32)14-11-9-6-2)17-22(28(33)34)29-19-20(4)35-25(30)12-7-3/h15-16,18,20,22,29H,5-14,17,19H2,1-4H3,(H,33,34)/t20?,22-/m0/s1. The number of hydrogen-bond acceptors (Lipinski definition) is 8. The predicted octanol–water partition coefficient (Wildman–Crippen LogP) is 4.98. The van der Waals surface area contributed by atoms with E-state index in [1.165, 1.54) is 12.1 Å². The van der Waals surface area contributed by atoms with Crippen LogP contribution in [0.25, 0.3) is 0 Å². The Morgan fingerprint density at radius 3 is 1.95 bits per heavy atom. The molecule has 0 fully saturated rings. The summed E-state index contributed by atoms with van der Waals surface area (Å²) >= 11 is 0. The first-order valence-electron chi connectivity index (χ1n) is 13.4. The highest BCUT2D eigenvalue weighted by Gasteiger charge is 2.21. The summed E-state index contributed by atoms with van der Waals surface area (Å²) in [5, 5.41) is 12.6.